The number of nitrogens with one attached hydrogen (secondary N) is 1. The molecule has 2 heterocycles. The molecule has 2 aliphatic heterocycles. The lowest BCUT2D eigenvalue weighted by Gasteiger charge is -2.38. The monoisotopic (exact) mass is 435 g/mol. The van der Waals surface area contributed by atoms with E-state index in [9.17, 15) is 14.4 Å². The van der Waals surface area contributed by atoms with E-state index in [1.54, 1.807) is 26.2 Å². The van der Waals surface area contributed by atoms with Crippen molar-refractivity contribution in [3.8, 4) is 11.5 Å². The van der Waals surface area contributed by atoms with E-state index in [1.807, 2.05) is 17.2 Å². The molecule has 0 spiro atoms. The van der Waals surface area contributed by atoms with Gasteiger partial charge in [0.15, 0.2) is 11.5 Å². The summed E-state index contributed by atoms with van der Waals surface area (Å²) in [5.41, 5.74) is -0.278. The van der Waals surface area contributed by atoms with E-state index in [2.05, 4.69) is 5.32 Å². The molecule has 8 nitrogen and oxygen atoms in total. The van der Waals surface area contributed by atoms with Gasteiger partial charge in [0.05, 0.1) is 26.5 Å². The average molecular weight is 436 g/mol. The number of methoxy groups -OCH3 is 2. The van der Waals surface area contributed by atoms with Crippen molar-refractivity contribution in [3.05, 3.63) is 23.8 Å². The number of hydrogen-bond acceptors (Lipinski definition) is 6. The molecule has 4 amide bonds. The van der Waals surface area contributed by atoms with Gasteiger partial charge in [-0.3, -0.25) is 14.5 Å². The third-order valence-corrected chi connectivity index (χ3v) is 6.58. The second-order valence-corrected chi connectivity index (χ2v) is 8.63. The van der Waals surface area contributed by atoms with Crippen molar-refractivity contribution in [1.82, 2.24) is 15.1 Å². The highest BCUT2D eigenvalue weighted by Gasteiger charge is 2.53. The molecule has 1 atom stereocenters. The van der Waals surface area contributed by atoms with Gasteiger partial charge in [-0.25, -0.2) is 4.79 Å². The second kappa shape index (κ2) is 9.16. The van der Waals surface area contributed by atoms with Crippen LogP contribution >= 0.6 is 11.8 Å². The molecule has 0 bridgehead atoms. The maximum atomic E-state index is 13.3. The maximum absolute atomic E-state index is 13.3. The number of imide groups is 1. The summed E-state index contributed by atoms with van der Waals surface area (Å²) in [4.78, 5) is 41.2. The Morgan fingerprint density at radius 2 is 1.93 bits per heavy atom. The van der Waals surface area contributed by atoms with Crippen molar-refractivity contribution in [2.24, 2.45) is 5.92 Å². The van der Waals surface area contributed by atoms with Crippen LogP contribution in [0.4, 0.5) is 4.79 Å². The zero-order valence-corrected chi connectivity index (χ0v) is 18.7. The Hall–Kier alpha value is -2.42. The topological polar surface area (TPSA) is 88.2 Å². The molecular formula is C21H29N3O5S. The van der Waals surface area contributed by atoms with Gasteiger partial charge >= 0.3 is 6.03 Å². The molecule has 1 aromatic carbocycles. The van der Waals surface area contributed by atoms with Crippen LogP contribution < -0.4 is 14.8 Å². The summed E-state index contributed by atoms with van der Waals surface area (Å²) in [6.45, 7) is 3.10. The lowest BCUT2D eigenvalue weighted by molar-refractivity contribution is -0.134. The fourth-order valence-corrected chi connectivity index (χ4v) is 4.74. The molecule has 0 saturated carbocycles. The van der Waals surface area contributed by atoms with Gasteiger partial charge in [0.25, 0.3) is 5.91 Å². The van der Waals surface area contributed by atoms with E-state index >= 15 is 0 Å². The van der Waals surface area contributed by atoms with Gasteiger partial charge in [-0.1, -0.05) is 12.1 Å². The number of carbonyl (C=O) groups excluding carboxylic acids is 3. The standard InChI is InChI=1S/C21H29N3O5S/c1-21(15-8-10-23(11-9-15)17(25)13-30-4)19(26)24(20(27)22-21)12-14-6-5-7-16(28-2)18(14)29-3/h5-7,15H,8-13H2,1-4H3,(H,22,27). The first-order chi connectivity index (χ1) is 14.3. The maximum Gasteiger partial charge on any atom is 0.325 e. The number of benzene rings is 1. The minimum atomic E-state index is -0.974. The van der Waals surface area contributed by atoms with E-state index in [0.717, 1.165) is 0 Å². The van der Waals surface area contributed by atoms with Crippen LogP contribution in [0.15, 0.2) is 18.2 Å². The normalized spacial score (nSPS) is 22.3. The molecule has 2 fully saturated rings. The highest BCUT2D eigenvalue weighted by Crippen LogP contribution is 2.36. The van der Waals surface area contributed by atoms with Gasteiger partial charge in [-0.15, -0.1) is 0 Å². The van der Waals surface area contributed by atoms with E-state index in [1.165, 1.54) is 23.8 Å². The highest BCUT2D eigenvalue weighted by molar-refractivity contribution is 7.99. The first-order valence-electron chi connectivity index (χ1n) is 9.96. The minimum absolute atomic E-state index is 0.0236. The molecule has 9 heteroatoms. The van der Waals surface area contributed by atoms with Gasteiger partial charge in [-0.05, 0) is 38.0 Å². The Bertz CT molecular complexity index is 825. The van der Waals surface area contributed by atoms with Gasteiger partial charge in [-0.2, -0.15) is 11.8 Å². The van der Waals surface area contributed by atoms with Crippen molar-refractivity contribution in [1.29, 1.82) is 0 Å². The number of rotatable bonds is 7. The smallest absolute Gasteiger partial charge is 0.325 e. The Labute approximate surface area is 181 Å². The van der Waals surface area contributed by atoms with E-state index < -0.39 is 11.6 Å². The van der Waals surface area contributed by atoms with Crippen LogP contribution in [0.3, 0.4) is 0 Å². The Morgan fingerprint density at radius 1 is 1.23 bits per heavy atom. The van der Waals surface area contributed by atoms with Crippen LogP contribution in [0.25, 0.3) is 0 Å². The lowest BCUT2D eigenvalue weighted by Crippen LogP contribution is -2.54. The molecule has 30 heavy (non-hydrogen) atoms. The van der Waals surface area contributed by atoms with Crippen LogP contribution in [0, 0.1) is 5.92 Å². The zero-order chi connectivity index (χ0) is 21.9. The molecule has 1 N–H and O–H groups in total. The van der Waals surface area contributed by atoms with Crippen molar-refractivity contribution in [3.63, 3.8) is 0 Å². The summed E-state index contributed by atoms with van der Waals surface area (Å²) < 4.78 is 10.8. The average Bonchev–Trinajstić information content (AvgIpc) is 2.97. The lowest BCUT2D eigenvalue weighted by atomic mass is 9.79. The number of thioether (sulfide) groups is 1. The first kappa shape index (κ1) is 22.3. The van der Waals surface area contributed by atoms with Gasteiger partial charge in [0.1, 0.15) is 5.54 Å². The summed E-state index contributed by atoms with van der Waals surface area (Å²) in [7, 11) is 3.08. The zero-order valence-electron chi connectivity index (χ0n) is 17.9. The third kappa shape index (κ3) is 4.08. The van der Waals surface area contributed by atoms with Gasteiger partial charge < -0.3 is 19.7 Å². The van der Waals surface area contributed by atoms with Crippen molar-refractivity contribution < 1.29 is 23.9 Å². The van der Waals surface area contributed by atoms with E-state index in [-0.39, 0.29) is 24.3 Å². The third-order valence-electron chi connectivity index (χ3n) is 6.05. The molecule has 1 unspecified atom stereocenters. The van der Waals surface area contributed by atoms with E-state index in [4.69, 9.17) is 9.47 Å². The van der Waals surface area contributed by atoms with Gasteiger partial charge in [0.2, 0.25) is 5.91 Å². The summed E-state index contributed by atoms with van der Waals surface area (Å²) in [5, 5.41) is 2.91. The Kier molecular flexibility index (Phi) is 6.80. The SMILES string of the molecule is COc1cccc(CN2C(=O)NC(C)(C3CCN(C(=O)CSC)CC3)C2=O)c1OC. The Morgan fingerprint density at radius 3 is 2.53 bits per heavy atom. The van der Waals surface area contributed by atoms with Gasteiger partial charge in [0, 0.05) is 18.7 Å². The molecule has 2 aliphatic rings. The molecule has 0 radical (unpaired) electrons. The second-order valence-electron chi connectivity index (χ2n) is 7.76. The molecule has 3 rings (SSSR count). The fraction of sp³-hybridized carbons (Fsp3) is 0.571. The fourth-order valence-electron chi connectivity index (χ4n) is 4.31. The quantitative estimate of drug-likeness (QED) is 0.660. The first-order valence-corrected chi connectivity index (χ1v) is 11.4. The van der Waals surface area contributed by atoms with Crippen molar-refractivity contribution >= 4 is 29.6 Å². The molecular weight excluding hydrogens is 406 g/mol. The van der Waals surface area contributed by atoms with Crippen LogP contribution in [-0.4, -0.2) is 72.5 Å². The van der Waals surface area contributed by atoms with Crippen molar-refractivity contribution in [2.75, 3.05) is 39.3 Å². The number of ether oxygens (including phenoxy) is 2. The summed E-state index contributed by atoms with van der Waals surface area (Å²) in [6, 6.07) is 4.97. The predicted octanol–water partition coefficient (Wildman–Crippen LogP) is 2.12. The summed E-state index contributed by atoms with van der Waals surface area (Å²) in [6.07, 6.45) is 3.27. The molecule has 0 aromatic heterocycles. The summed E-state index contributed by atoms with van der Waals surface area (Å²) >= 11 is 1.51. The highest BCUT2D eigenvalue weighted by atomic mass is 32.2. The van der Waals surface area contributed by atoms with Crippen LogP contribution in [-0.2, 0) is 16.1 Å². The molecule has 0 aliphatic carbocycles. The number of piperidine rings is 1. The number of amides is 4. The molecule has 164 valence electrons. The number of urea groups is 1. The number of hydrogen-bond donors (Lipinski definition) is 1. The van der Waals surface area contributed by atoms with Crippen LogP contribution in [0.2, 0.25) is 0 Å². The number of para-hydroxylation sites is 1. The minimum Gasteiger partial charge on any atom is -0.493 e. The van der Waals surface area contributed by atoms with Crippen molar-refractivity contribution in [2.45, 2.75) is 31.8 Å². The predicted molar refractivity (Wildman–Crippen MR) is 115 cm³/mol. The van der Waals surface area contributed by atoms with E-state index in [0.29, 0.717) is 48.7 Å². The summed E-state index contributed by atoms with van der Waals surface area (Å²) in [5.74, 6) is 1.38. The Balaban J connectivity index is 1.73. The van der Waals surface area contributed by atoms with Crippen LogP contribution in [0.1, 0.15) is 25.3 Å². The number of carbonyl (C=O) groups is 3. The molecule has 2 saturated heterocycles. The van der Waals surface area contributed by atoms with Crippen LogP contribution in [0.5, 0.6) is 11.5 Å². The number of nitrogens with zero attached hydrogens (tertiary/aromatic N) is 2. The largest absolute Gasteiger partial charge is 0.493 e. The molecule has 1 aromatic rings. The number of likely N-dealkylation sites (tertiary alicyclic amines) is 1.